The number of H-pyrrole nitrogens is 4. The first-order chi connectivity index (χ1) is 21.4. The summed E-state index contributed by atoms with van der Waals surface area (Å²) < 4.78 is 3.38. The van der Waals surface area contributed by atoms with Crippen molar-refractivity contribution in [1.29, 1.82) is 0 Å². The highest BCUT2D eigenvalue weighted by molar-refractivity contribution is 14.1. The van der Waals surface area contributed by atoms with Crippen LogP contribution in [0, 0.1) is 17.4 Å². The highest BCUT2D eigenvalue weighted by atomic mass is 127. The summed E-state index contributed by atoms with van der Waals surface area (Å²) in [5, 5.41) is 12.9. The number of aromatic amines is 4. The highest BCUT2D eigenvalue weighted by Crippen LogP contribution is 2.41. The molecule has 7 nitrogen and oxygen atoms in total. The second-order valence-electron chi connectivity index (χ2n) is 11.3. The van der Waals surface area contributed by atoms with Gasteiger partial charge in [0.05, 0.1) is 28.4 Å². The lowest BCUT2D eigenvalue weighted by Gasteiger charge is -2.17. The molecule has 0 saturated heterocycles. The summed E-state index contributed by atoms with van der Waals surface area (Å²) in [7, 11) is 0. The smallest absolute Gasteiger partial charge is 0.268 e. The maximum Gasteiger partial charge on any atom is 0.268 e. The molecule has 8 heteroatoms. The minimum atomic E-state index is -0.685. The Morgan fingerprint density at radius 3 is 1.73 bits per heavy atom. The molecule has 0 spiro atoms. The van der Waals surface area contributed by atoms with Gasteiger partial charge < -0.3 is 4.57 Å². The predicted molar refractivity (Wildman–Crippen MR) is 184 cm³/mol. The van der Waals surface area contributed by atoms with E-state index in [-0.39, 0.29) is 11.1 Å². The fourth-order valence-corrected chi connectivity index (χ4v) is 6.42. The van der Waals surface area contributed by atoms with E-state index in [0.29, 0.717) is 29.1 Å². The van der Waals surface area contributed by atoms with E-state index in [1.54, 1.807) is 0 Å². The molecule has 44 heavy (non-hydrogen) atoms. The van der Waals surface area contributed by atoms with Crippen LogP contribution in [0.5, 0.6) is 0 Å². The van der Waals surface area contributed by atoms with Gasteiger partial charge in [-0.2, -0.15) is 0 Å². The largest absolute Gasteiger partial charge is 0.343 e. The third kappa shape index (κ3) is 5.05. The summed E-state index contributed by atoms with van der Waals surface area (Å²) in [6.07, 6.45) is 2.10. The molecule has 0 aliphatic heterocycles. The SMILES string of the molecule is Cc1ccc(-c2[nH][nH]c(=O)c2C(c2c(-c3ccc(C)cc3)[nH][nH]c2=O)c2cn(Cc3ccc(I)cc3)c3ccccc23)cc1. The first-order valence-corrected chi connectivity index (χ1v) is 15.5. The number of benzene rings is 4. The Bertz CT molecular complexity index is 2110. The van der Waals surface area contributed by atoms with Crippen molar-refractivity contribution in [1.82, 2.24) is 25.0 Å². The van der Waals surface area contributed by atoms with Gasteiger partial charge in [0, 0.05) is 27.2 Å². The van der Waals surface area contributed by atoms with Crippen molar-refractivity contribution >= 4 is 33.5 Å². The minimum Gasteiger partial charge on any atom is -0.343 e. The van der Waals surface area contributed by atoms with Crippen LogP contribution in [0.3, 0.4) is 0 Å². The van der Waals surface area contributed by atoms with Crippen LogP contribution < -0.4 is 11.1 Å². The van der Waals surface area contributed by atoms with E-state index in [2.05, 4.69) is 90.1 Å². The topological polar surface area (TPSA) is 102 Å². The summed E-state index contributed by atoms with van der Waals surface area (Å²) in [5.74, 6) is -0.685. The Labute approximate surface area is 267 Å². The van der Waals surface area contributed by atoms with Gasteiger partial charge in [0.1, 0.15) is 0 Å². The van der Waals surface area contributed by atoms with E-state index in [1.165, 1.54) is 3.57 Å². The maximum atomic E-state index is 13.8. The van der Waals surface area contributed by atoms with Gasteiger partial charge in [-0.15, -0.1) is 0 Å². The molecule has 0 fully saturated rings. The Morgan fingerprint density at radius 1 is 0.659 bits per heavy atom. The second kappa shape index (κ2) is 11.3. The van der Waals surface area contributed by atoms with Crippen LogP contribution >= 0.6 is 22.6 Å². The van der Waals surface area contributed by atoms with E-state index in [0.717, 1.165) is 44.3 Å². The molecule has 3 aromatic heterocycles. The van der Waals surface area contributed by atoms with E-state index in [9.17, 15) is 9.59 Å². The van der Waals surface area contributed by atoms with E-state index in [1.807, 2.05) is 74.5 Å². The van der Waals surface area contributed by atoms with Crippen LogP contribution in [-0.2, 0) is 6.54 Å². The first-order valence-electron chi connectivity index (χ1n) is 14.4. The molecule has 0 radical (unpaired) electrons. The van der Waals surface area contributed by atoms with Crippen molar-refractivity contribution in [3.63, 3.8) is 0 Å². The molecular weight excluding hydrogens is 661 g/mol. The van der Waals surface area contributed by atoms with E-state index < -0.39 is 5.92 Å². The first kappa shape index (κ1) is 28.0. The lowest BCUT2D eigenvalue weighted by atomic mass is 9.83. The number of para-hydroxylation sites is 1. The van der Waals surface area contributed by atoms with Gasteiger partial charge >= 0.3 is 0 Å². The van der Waals surface area contributed by atoms with Crippen LogP contribution in [0.2, 0.25) is 0 Å². The number of aryl methyl sites for hydroxylation is 2. The third-order valence-corrected chi connectivity index (χ3v) is 9.00. The molecule has 0 atom stereocenters. The highest BCUT2D eigenvalue weighted by Gasteiger charge is 2.33. The molecule has 0 unspecified atom stereocenters. The lowest BCUT2D eigenvalue weighted by molar-refractivity contribution is 0.824. The average molecular weight is 692 g/mol. The summed E-state index contributed by atoms with van der Waals surface area (Å²) >= 11 is 2.31. The summed E-state index contributed by atoms with van der Waals surface area (Å²) in [6.45, 7) is 4.71. The lowest BCUT2D eigenvalue weighted by Crippen LogP contribution is -2.20. The molecule has 4 N–H and O–H groups in total. The number of halogens is 1. The Morgan fingerprint density at radius 2 is 1.18 bits per heavy atom. The normalized spacial score (nSPS) is 11.5. The molecule has 7 rings (SSSR count). The van der Waals surface area contributed by atoms with Gasteiger partial charge in [0.25, 0.3) is 11.1 Å². The zero-order valence-corrected chi connectivity index (χ0v) is 26.4. The minimum absolute atomic E-state index is 0.268. The summed E-state index contributed by atoms with van der Waals surface area (Å²) in [5.41, 5.74) is 8.78. The summed E-state index contributed by atoms with van der Waals surface area (Å²) in [6, 6.07) is 32.7. The number of hydrogen-bond acceptors (Lipinski definition) is 2. The summed E-state index contributed by atoms with van der Waals surface area (Å²) in [4.78, 5) is 27.7. The average Bonchev–Trinajstić information content (AvgIpc) is 3.72. The maximum absolute atomic E-state index is 13.8. The molecule has 4 aromatic carbocycles. The van der Waals surface area contributed by atoms with Gasteiger partial charge in [-0.1, -0.05) is 90.0 Å². The molecular formula is C36H30IN5O2. The van der Waals surface area contributed by atoms with Gasteiger partial charge in [0.2, 0.25) is 0 Å². The molecule has 0 saturated carbocycles. The number of aromatic nitrogens is 5. The molecule has 0 amide bonds. The molecule has 0 bridgehead atoms. The molecule has 7 aromatic rings. The Hall–Kier alpha value is -4.83. The van der Waals surface area contributed by atoms with E-state index >= 15 is 0 Å². The van der Waals surface area contributed by atoms with Crippen molar-refractivity contribution < 1.29 is 0 Å². The number of fused-ring (bicyclic) bond motifs is 1. The van der Waals surface area contributed by atoms with Crippen LogP contribution in [0.25, 0.3) is 33.4 Å². The van der Waals surface area contributed by atoms with Crippen molar-refractivity contribution in [2.75, 3.05) is 0 Å². The van der Waals surface area contributed by atoms with Gasteiger partial charge in [0.15, 0.2) is 0 Å². The Kier molecular flexibility index (Phi) is 7.21. The molecule has 218 valence electrons. The molecule has 0 aliphatic carbocycles. The van der Waals surface area contributed by atoms with Gasteiger partial charge in [-0.25, -0.2) is 0 Å². The number of nitrogens with zero attached hydrogens (tertiary/aromatic N) is 1. The zero-order valence-electron chi connectivity index (χ0n) is 24.2. The van der Waals surface area contributed by atoms with Crippen LogP contribution in [0.15, 0.2) is 113 Å². The second-order valence-corrected chi connectivity index (χ2v) is 12.5. The predicted octanol–water partition coefficient (Wildman–Crippen LogP) is 7.46. The zero-order chi connectivity index (χ0) is 30.4. The fraction of sp³-hybridized carbons (Fsp3) is 0.111. The van der Waals surface area contributed by atoms with Crippen molar-refractivity contribution in [3.8, 4) is 22.5 Å². The van der Waals surface area contributed by atoms with Gasteiger partial charge in [-0.3, -0.25) is 30.0 Å². The monoisotopic (exact) mass is 691 g/mol. The van der Waals surface area contributed by atoms with Crippen LogP contribution in [0.1, 0.15) is 39.3 Å². The Balaban J connectivity index is 1.51. The number of rotatable bonds is 7. The molecule has 3 heterocycles. The van der Waals surface area contributed by atoms with Crippen molar-refractivity contribution in [2.45, 2.75) is 26.3 Å². The quantitative estimate of drug-likeness (QED) is 0.131. The van der Waals surface area contributed by atoms with E-state index in [4.69, 9.17) is 0 Å². The fourth-order valence-electron chi connectivity index (χ4n) is 6.06. The standard InChI is InChI=1S/C36H30IN5O2/c1-21-7-13-24(14-8-21)33-31(35(43)40-38-33)30(32-34(39-41-36(32)44)25-15-9-22(2)10-16-25)28-20-42(29-6-4-3-5-27(28)29)19-23-11-17-26(37)18-12-23/h3-18,20,30H,19H2,1-2H3,(H2,38,40,43)(H2,39,41,44). The third-order valence-electron chi connectivity index (χ3n) is 8.28. The van der Waals surface area contributed by atoms with Gasteiger partial charge in [-0.05, 0) is 76.9 Å². The van der Waals surface area contributed by atoms with Crippen molar-refractivity contribution in [3.05, 3.63) is 161 Å². The van der Waals surface area contributed by atoms with Crippen LogP contribution in [-0.4, -0.2) is 25.0 Å². The number of hydrogen-bond donors (Lipinski definition) is 4. The molecule has 0 aliphatic rings. The van der Waals surface area contributed by atoms with Crippen LogP contribution in [0.4, 0.5) is 0 Å². The van der Waals surface area contributed by atoms with Crippen molar-refractivity contribution in [2.24, 2.45) is 0 Å². The number of nitrogens with one attached hydrogen (secondary N) is 4.